The molecule has 1 aliphatic rings. The number of benzene rings is 1. The zero-order valence-electron chi connectivity index (χ0n) is 12.0. The monoisotopic (exact) mass is 298 g/mol. The second kappa shape index (κ2) is 7.50. The SMILES string of the molecule is COc1ccc(C(=O)N2CCCCC2C(C)N)cc1.Cl. The van der Waals surface area contributed by atoms with Crippen molar-refractivity contribution < 1.29 is 9.53 Å². The van der Waals surface area contributed by atoms with Gasteiger partial charge in [-0.2, -0.15) is 0 Å². The molecule has 0 bridgehead atoms. The molecule has 0 spiro atoms. The summed E-state index contributed by atoms with van der Waals surface area (Å²) in [4.78, 5) is 14.5. The standard InChI is InChI=1S/C15H22N2O2.ClH/c1-11(16)14-5-3-4-10-17(14)15(18)12-6-8-13(19-2)9-7-12;/h6-9,11,14H,3-5,10,16H2,1-2H3;1H. The first-order valence-corrected chi connectivity index (χ1v) is 6.84. The van der Waals surface area contributed by atoms with Gasteiger partial charge in [0.2, 0.25) is 0 Å². The quantitative estimate of drug-likeness (QED) is 0.932. The van der Waals surface area contributed by atoms with Crippen LogP contribution in [0.4, 0.5) is 0 Å². The van der Waals surface area contributed by atoms with Crippen LogP contribution in [0.2, 0.25) is 0 Å². The highest BCUT2D eigenvalue weighted by Crippen LogP contribution is 2.22. The van der Waals surface area contributed by atoms with E-state index in [0.29, 0.717) is 5.56 Å². The fourth-order valence-corrected chi connectivity index (χ4v) is 2.66. The lowest BCUT2D eigenvalue weighted by Gasteiger charge is -2.38. The highest BCUT2D eigenvalue weighted by Gasteiger charge is 2.29. The number of carbonyl (C=O) groups is 1. The second-order valence-electron chi connectivity index (χ2n) is 5.15. The summed E-state index contributed by atoms with van der Waals surface area (Å²) in [6.07, 6.45) is 3.21. The van der Waals surface area contributed by atoms with Crippen molar-refractivity contribution in [3.05, 3.63) is 29.8 Å². The van der Waals surface area contributed by atoms with Crippen molar-refractivity contribution >= 4 is 18.3 Å². The Hall–Kier alpha value is -1.26. The number of amides is 1. The van der Waals surface area contributed by atoms with Gasteiger partial charge < -0.3 is 15.4 Å². The number of likely N-dealkylation sites (tertiary alicyclic amines) is 1. The Morgan fingerprint density at radius 1 is 1.35 bits per heavy atom. The summed E-state index contributed by atoms with van der Waals surface area (Å²) < 4.78 is 5.11. The highest BCUT2D eigenvalue weighted by molar-refractivity contribution is 5.94. The van der Waals surface area contributed by atoms with Crippen LogP contribution in [-0.4, -0.2) is 36.5 Å². The number of methoxy groups -OCH3 is 1. The van der Waals surface area contributed by atoms with Gasteiger partial charge in [-0.3, -0.25) is 4.79 Å². The van der Waals surface area contributed by atoms with E-state index in [1.165, 1.54) is 0 Å². The summed E-state index contributed by atoms with van der Waals surface area (Å²) in [5, 5.41) is 0. The predicted octanol–water partition coefficient (Wildman–Crippen LogP) is 2.46. The number of halogens is 1. The number of ether oxygens (including phenoxy) is 1. The summed E-state index contributed by atoms with van der Waals surface area (Å²) >= 11 is 0. The first-order chi connectivity index (χ1) is 9.13. The van der Waals surface area contributed by atoms with Gasteiger partial charge in [-0.25, -0.2) is 0 Å². The zero-order chi connectivity index (χ0) is 13.8. The van der Waals surface area contributed by atoms with E-state index in [9.17, 15) is 4.79 Å². The number of nitrogens with two attached hydrogens (primary N) is 1. The van der Waals surface area contributed by atoms with E-state index in [-0.39, 0.29) is 30.4 Å². The Balaban J connectivity index is 0.00000200. The molecule has 5 heteroatoms. The Morgan fingerprint density at radius 3 is 2.55 bits per heavy atom. The van der Waals surface area contributed by atoms with E-state index in [1.54, 1.807) is 7.11 Å². The number of hydrogen-bond acceptors (Lipinski definition) is 3. The van der Waals surface area contributed by atoms with Gasteiger partial charge in [0.05, 0.1) is 7.11 Å². The van der Waals surface area contributed by atoms with Gasteiger partial charge in [-0.05, 0) is 50.5 Å². The van der Waals surface area contributed by atoms with Gasteiger partial charge in [-0.1, -0.05) is 0 Å². The molecule has 0 saturated carbocycles. The van der Waals surface area contributed by atoms with E-state index in [1.807, 2.05) is 36.1 Å². The Kier molecular flexibility index (Phi) is 6.30. The maximum atomic E-state index is 12.5. The minimum Gasteiger partial charge on any atom is -0.497 e. The van der Waals surface area contributed by atoms with Crippen LogP contribution in [-0.2, 0) is 0 Å². The van der Waals surface area contributed by atoms with E-state index in [4.69, 9.17) is 10.5 Å². The van der Waals surface area contributed by atoms with Gasteiger partial charge in [0, 0.05) is 24.2 Å². The van der Waals surface area contributed by atoms with Crippen LogP contribution in [0.15, 0.2) is 24.3 Å². The van der Waals surface area contributed by atoms with E-state index >= 15 is 0 Å². The van der Waals surface area contributed by atoms with Gasteiger partial charge in [0.1, 0.15) is 5.75 Å². The molecule has 0 radical (unpaired) electrons. The van der Waals surface area contributed by atoms with Crippen molar-refractivity contribution in [3.63, 3.8) is 0 Å². The second-order valence-corrected chi connectivity index (χ2v) is 5.15. The molecule has 1 saturated heterocycles. The van der Waals surface area contributed by atoms with Crippen molar-refractivity contribution in [2.75, 3.05) is 13.7 Å². The zero-order valence-corrected chi connectivity index (χ0v) is 12.9. The molecule has 1 heterocycles. The van der Waals surface area contributed by atoms with Crippen LogP contribution < -0.4 is 10.5 Å². The summed E-state index contributed by atoms with van der Waals surface area (Å²) in [6.45, 7) is 2.78. The van der Waals surface area contributed by atoms with E-state index < -0.39 is 0 Å². The van der Waals surface area contributed by atoms with Crippen molar-refractivity contribution in [1.82, 2.24) is 4.90 Å². The molecular weight excluding hydrogens is 276 g/mol. The van der Waals surface area contributed by atoms with Crippen molar-refractivity contribution in [1.29, 1.82) is 0 Å². The average Bonchev–Trinajstić information content (AvgIpc) is 2.46. The molecule has 4 nitrogen and oxygen atoms in total. The number of piperidine rings is 1. The molecule has 2 atom stereocenters. The third-order valence-corrected chi connectivity index (χ3v) is 3.75. The van der Waals surface area contributed by atoms with Gasteiger partial charge in [0.15, 0.2) is 0 Å². The van der Waals surface area contributed by atoms with Crippen LogP contribution >= 0.6 is 12.4 Å². The number of hydrogen-bond donors (Lipinski definition) is 1. The minimum absolute atomic E-state index is 0. The maximum absolute atomic E-state index is 12.5. The lowest BCUT2D eigenvalue weighted by atomic mass is 9.96. The fourth-order valence-electron chi connectivity index (χ4n) is 2.66. The first kappa shape index (κ1) is 16.8. The molecule has 0 aromatic heterocycles. The molecule has 2 rings (SSSR count). The highest BCUT2D eigenvalue weighted by atomic mass is 35.5. The molecule has 1 fully saturated rings. The van der Waals surface area contributed by atoms with Crippen LogP contribution in [0.25, 0.3) is 0 Å². The summed E-state index contributed by atoms with van der Waals surface area (Å²) in [6, 6.07) is 7.43. The molecular formula is C15H23ClN2O2. The minimum atomic E-state index is 0. The topological polar surface area (TPSA) is 55.6 Å². The Bertz CT molecular complexity index is 434. The number of carbonyl (C=O) groups excluding carboxylic acids is 1. The van der Waals surface area contributed by atoms with Crippen molar-refractivity contribution in [2.45, 2.75) is 38.3 Å². The number of nitrogens with zero attached hydrogens (tertiary/aromatic N) is 1. The lowest BCUT2D eigenvalue weighted by molar-refractivity contribution is 0.0584. The maximum Gasteiger partial charge on any atom is 0.254 e. The smallest absolute Gasteiger partial charge is 0.254 e. The van der Waals surface area contributed by atoms with Gasteiger partial charge >= 0.3 is 0 Å². The molecule has 1 aromatic carbocycles. The van der Waals surface area contributed by atoms with Gasteiger partial charge in [0.25, 0.3) is 5.91 Å². The number of rotatable bonds is 3. The average molecular weight is 299 g/mol. The van der Waals surface area contributed by atoms with Crippen LogP contribution in [0, 0.1) is 0 Å². The predicted molar refractivity (Wildman–Crippen MR) is 82.6 cm³/mol. The van der Waals surface area contributed by atoms with E-state index in [2.05, 4.69) is 0 Å². The molecule has 112 valence electrons. The van der Waals surface area contributed by atoms with Crippen LogP contribution in [0.5, 0.6) is 5.75 Å². The molecule has 2 unspecified atom stereocenters. The summed E-state index contributed by atoms with van der Waals surface area (Å²) in [5.74, 6) is 0.837. The molecule has 1 aromatic rings. The van der Waals surface area contributed by atoms with Crippen LogP contribution in [0.3, 0.4) is 0 Å². The van der Waals surface area contributed by atoms with E-state index in [0.717, 1.165) is 31.6 Å². The molecule has 1 aliphatic heterocycles. The lowest BCUT2D eigenvalue weighted by Crippen LogP contribution is -2.51. The Labute approximate surface area is 126 Å². The normalized spacial score (nSPS) is 19.9. The Morgan fingerprint density at radius 2 is 2.00 bits per heavy atom. The fraction of sp³-hybridized carbons (Fsp3) is 0.533. The summed E-state index contributed by atoms with van der Waals surface area (Å²) in [7, 11) is 1.62. The molecule has 2 N–H and O–H groups in total. The molecule has 0 aliphatic carbocycles. The largest absolute Gasteiger partial charge is 0.497 e. The van der Waals surface area contributed by atoms with Crippen molar-refractivity contribution in [2.24, 2.45) is 5.73 Å². The van der Waals surface area contributed by atoms with Gasteiger partial charge in [-0.15, -0.1) is 12.4 Å². The molecule has 20 heavy (non-hydrogen) atoms. The third-order valence-electron chi connectivity index (χ3n) is 3.75. The first-order valence-electron chi connectivity index (χ1n) is 6.84. The third kappa shape index (κ3) is 3.64. The van der Waals surface area contributed by atoms with Crippen molar-refractivity contribution in [3.8, 4) is 5.75 Å². The molecule has 1 amide bonds. The summed E-state index contributed by atoms with van der Waals surface area (Å²) in [5.41, 5.74) is 6.71. The van der Waals surface area contributed by atoms with Crippen LogP contribution in [0.1, 0.15) is 36.5 Å².